The Morgan fingerprint density at radius 2 is 1.53 bits per heavy atom. The first kappa shape index (κ1) is 14.8. The Bertz CT molecular complexity index is 609. The molecule has 0 radical (unpaired) electrons. The van der Waals surface area contributed by atoms with E-state index in [4.69, 9.17) is 4.55 Å². The molecule has 0 saturated heterocycles. The van der Waals surface area contributed by atoms with Gasteiger partial charge in [0.05, 0.1) is 4.90 Å². The molecule has 1 N–H and O–H groups in total. The summed E-state index contributed by atoms with van der Waals surface area (Å²) in [5, 5.41) is 0. The molecular weight excluding hydrogens is 272 g/mol. The molecule has 1 aliphatic rings. The lowest BCUT2D eigenvalue weighted by atomic mass is 10.2. The number of hydrogen-bond donors (Lipinski definition) is 1. The Balaban J connectivity index is 0.000000218. The summed E-state index contributed by atoms with van der Waals surface area (Å²) in [5.41, 5.74) is 0.808. The maximum atomic E-state index is 10.6. The molecule has 0 unspecified atom stereocenters. The van der Waals surface area contributed by atoms with E-state index < -0.39 is 22.1 Å². The van der Waals surface area contributed by atoms with E-state index in [1.54, 1.807) is 18.2 Å². The maximum absolute atomic E-state index is 10.6. The second kappa shape index (κ2) is 6.07. The fraction of sp³-hybridized carbons (Fsp3) is 0. The van der Waals surface area contributed by atoms with Crippen molar-refractivity contribution in [1.29, 1.82) is 0 Å². The predicted molar refractivity (Wildman–Crippen MR) is 66.6 cm³/mol. The van der Waals surface area contributed by atoms with Gasteiger partial charge in [-0.05, 0) is 17.7 Å². The SMILES string of the molecule is C=Cc1ccc(S(=O)(=O)O)cc1.O=C1C=CC(=O)O1. The van der Waals surface area contributed by atoms with Crippen LogP contribution in [0, 0.1) is 0 Å². The number of rotatable bonds is 2. The number of carbonyl (C=O) groups excluding carboxylic acids is 2. The van der Waals surface area contributed by atoms with E-state index in [0.29, 0.717) is 0 Å². The lowest BCUT2D eigenvalue weighted by Gasteiger charge is -1.96. The van der Waals surface area contributed by atoms with Crippen molar-refractivity contribution in [1.82, 2.24) is 0 Å². The molecule has 2 rings (SSSR count). The second-order valence-corrected chi connectivity index (χ2v) is 4.74. The van der Waals surface area contributed by atoms with E-state index in [0.717, 1.165) is 17.7 Å². The molecule has 0 aromatic heterocycles. The second-order valence-electron chi connectivity index (χ2n) is 3.32. The van der Waals surface area contributed by atoms with Crippen molar-refractivity contribution in [2.45, 2.75) is 4.90 Å². The summed E-state index contributed by atoms with van der Waals surface area (Å²) >= 11 is 0. The largest absolute Gasteiger partial charge is 0.387 e. The fourth-order valence-electron chi connectivity index (χ4n) is 1.08. The average Bonchev–Trinajstić information content (AvgIpc) is 2.73. The standard InChI is InChI=1S/C8H8O3S.C4H2O3/c1-2-7-3-5-8(6-4-7)12(9,10)11;5-3-1-2-4(6)7-3/h2-6H,1H2,(H,9,10,11);1-2H. The lowest BCUT2D eigenvalue weighted by molar-refractivity contribution is -0.150. The number of cyclic esters (lactones) is 2. The van der Waals surface area contributed by atoms with Crippen LogP contribution in [-0.4, -0.2) is 24.9 Å². The van der Waals surface area contributed by atoms with Crippen molar-refractivity contribution >= 4 is 28.1 Å². The minimum Gasteiger partial charge on any atom is -0.387 e. The normalized spacial score (nSPS) is 13.5. The van der Waals surface area contributed by atoms with Crippen molar-refractivity contribution in [2.24, 2.45) is 0 Å². The summed E-state index contributed by atoms with van der Waals surface area (Å²) in [5.74, 6) is -1.16. The van der Waals surface area contributed by atoms with E-state index in [-0.39, 0.29) is 4.90 Å². The smallest absolute Gasteiger partial charge is 0.338 e. The average molecular weight is 282 g/mol. The van der Waals surface area contributed by atoms with Gasteiger partial charge in [-0.25, -0.2) is 9.59 Å². The number of benzene rings is 1. The highest BCUT2D eigenvalue weighted by atomic mass is 32.2. The van der Waals surface area contributed by atoms with E-state index in [2.05, 4.69) is 11.3 Å². The number of hydrogen-bond acceptors (Lipinski definition) is 5. The van der Waals surface area contributed by atoms with E-state index in [1.165, 1.54) is 12.1 Å². The summed E-state index contributed by atoms with van der Waals surface area (Å²) in [6, 6.07) is 5.78. The summed E-state index contributed by atoms with van der Waals surface area (Å²) in [7, 11) is -4.06. The molecule has 0 spiro atoms. The van der Waals surface area contributed by atoms with Crippen LogP contribution >= 0.6 is 0 Å². The predicted octanol–water partition coefficient (Wildman–Crippen LogP) is 1.20. The first-order valence-electron chi connectivity index (χ1n) is 4.97. The molecule has 0 atom stereocenters. The Labute approximate surface area is 109 Å². The molecule has 0 aliphatic carbocycles. The highest BCUT2D eigenvalue weighted by Crippen LogP contribution is 2.10. The lowest BCUT2D eigenvalue weighted by Crippen LogP contribution is -1.96. The molecule has 1 aliphatic heterocycles. The van der Waals surface area contributed by atoms with Crippen LogP contribution in [0.3, 0.4) is 0 Å². The molecule has 19 heavy (non-hydrogen) atoms. The summed E-state index contributed by atoms with van der Waals surface area (Å²) in [6.07, 6.45) is 3.76. The van der Waals surface area contributed by atoms with E-state index in [9.17, 15) is 18.0 Å². The van der Waals surface area contributed by atoms with Gasteiger partial charge in [-0.15, -0.1) is 0 Å². The Morgan fingerprint density at radius 3 is 1.79 bits per heavy atom. The van der Waals surface area contributed by atoms with Crippen LogP contribution in [0.4, 0.5) is 0 Å². The van der Waals surface area contributed by atoms with Gasteiger partial charge in [-0.1, -0.05) is 24.8 Å². The molecule has 0 bridgehead atoms. The van der Waals surface area contributed by atoms with Crippen LogP contribution < -0.4 is 0 Å². The minimum absolute atomic E-state index is 0.104. The first-order valence-corrected chi connectivity index (χ1v) is 6.41. The summed E-state index contributed by atoms with van der Waals surface area (Å²) < 4.78 is 33.7. The fourth-order valence-corrected chi connectivity index (χ4v) is 1.56. The van der Waals surface area contributed by atoms with Gasteiger partial charge in [-0.2, -0.15) is 8.42 Å². The highest BCUT2D eigenvalue weighted by Gasteiger charge is 2.10. The van der Waals surface area contributed by atoms with Crippen LogP contribution in [0.5, 0.6) is 0 Å². The molecule has 7 heteroatoms. The number of esters is 2. The van der Waals surface area contributed by atoms with Crippen molar-refractivity contribution in [3.63, 3.8) is 0 Å². The van der Waals surface area contributed by atoms with Crippen molar-refractivity contribution in [2.75, 3.05) is 0 Å². The van der Waals surface area contributed by atoms with E-state index in [1.807, 2.05) is 0 Å². The molecule has 1 aromatic carbocycles. The van der Waals surface area contributed by atoms with Gasteiger partial charge in [0.2, 0.25) is 0 Å². The third kappa shape index (κ3) is 4.86. The third-order valence-corrected chi connectivity index (χ3v) is 2.84. The zero-order chi connectivity index (χ0) is 14.5. The highest BCUT2D eigenvalue weighted by molar-refractivity contribution is 7.85. The van der Waals surface area contributed by atoms with Crippen molar-refractivity contribution < 1.29 is 27.3 Å². The third-order valence-electron chi connectivity index (χ3n) is 1.97. The molecule has 1 aromatic rings. The molecule has 0 amide bonds. The van der Waals surface area contributed by atoms with Crippen LogP contribution in [-0.2, 0) is 24.4 Å². The maximum Gasteiger partial charge on any atom is 0.338 e. The van der Waals surface area contributed by atoms with Gasteiger partial charge in [0.15, 0.2) is 0 Å². The topological polar surface area (TPSA) is 97.7 Å². The monoisotopic (exact) mass is 282 g/mol. The molecule has 1 heterocycles. The van der Waals surface area contributed by atoms with Gasteiger partial charge in [0, 0.05) is 12.2 Å². The first-order chi connectivity index (χ1) is 8.82. The van der Waals surface area contributed by atoms with Crippen LogP contribution in [0.1, 0.15) is 5.56 Å². The molecular formula is C12H10O6S. The molecule has 0 saturated carbocycles. The zero-order valence-corrected chi connectivity index (χ0v) is 10.5. The molecule has 100 valence electrons. The quantitative estimate of drug-likeness (QED) is 0.497. The van der Waals surface area contributed by atoms with Crippen molar-refractivity contribution in [3.8, 4) is 0 Å². The minimum atomic E-state index is -4.06. The Kier molecular flexibility index (Phi) is 4.74. The van der Waals surface area contributed by atoms with Gasteiger partial charge in [-0.3, -0.25) is 4.55 Å². The number of ether oxygens (including phenoxy) is 1. The Hall–Kier alpha value is -2.25. The van der Waals surface area contributed by atoms with Gasteiger partial charge >= 0.3 is 11.9 Å². The molecule has 6 nitrogen and oxygen atoms in total. The van der Waals surface area contributed by atoms with Crippen molar-refractivity contribution in [3.05, 3.63) is 48.6 Å². The molecule has 0 fully saturated rings. The van der Waals surface area contributed by atoms with Crippen LogP contribution in [0.15, 0.2) is 47.9 Å². The van der Waals surface area contributed by atoms with Crippen LogP contribution in [0.2, 0.25) is 0 Å². The summed E-state index contributed by atoms with van der Waals surface area (Å²) in [4.78, 5) is 19.7. The van der Waals surface area contributed by atoms with Crippen LogP contribution in [0.25, 0.3) is 6.08 Å². The van der Waals surface area contributed by atoms with Gasteiger partial charge in [0.25, 0.3) is 10.1 Å². The van der Waals surface area contributed by atoms with Gasteiger partial charge < -0.3 is 4.74 Å². The van der Waals surface area contributed by atoms with E-state index >= 15 is 0 Å². The van der Waals surface area contributed by atoms with Gasteiger partial charge in [0.1, 0.15) is 0 Å². The summed E-state index contributed by atoms with van der Waals surface area (Å²) in [6.45, 7) is 3.51. The number of carbonyl (C=O) groups is 2. The Morgan fingerprint density at radius 1 is 1.05 bits per heavy atom. The zero-order valence-electron chi connectivity index (χ0n) is 9.65.